The van der Waals surface area contributed by atoms with Crippen LogP contribution in [0.2, 0.25) is 0 Å². The molecule has 3 aromatic heterocycles. The van der Waals surface area contributed by atoms with E-state index < -0.39 is 17.6 Å². The van der Waals surface area contributed by atoms with Crippen molar-refractivity contribution in [2.45, 2.75) is 19.9 Å². The number of benzene rings is 1. The molecule has 142 valence electrons. The molecule has 0 aliphatic heterocycles. The maximum atomic E-state index is 13.2. The monoisotopic (exact) mass is 381 g/mol. The second kappa shape index (κ2) is 6.52. The summed E-state index contributed by atoms with van der Waals surface area (Å²) in [4.78, 5) is 24.4. The Morgan fingerprint density at radius 3 is 2.50 bits per heavy atom. The molecule has 0 saturated heterocycles. The largest absolute Gasteiger partial charge is 0.480 e. The van der Waals surface area contributed by atoms with Crippen molar-refractivity contribution in [1.82, 2.24) is 24.4 Å². The van der Waals surface area contributed by atoms with E-state index in [1.807, 2.05) is 0 Å². The number of rotatable bonds is 4. The van der Waals surface area contributed by atoms with Gasteiger partial charge in [-0.3, -0.25) is 9.36 Å². The lowest BCUT2D eigenvalue weighted by Crippen LogP contribution is -2.33. The Hall–Kier alpha value is -3.62. The molecule has 8 nitrogen and oxygen atoms in total. The smallest absolute Gasteiger partial charge is 0.327 e. The molecule has 0 spiro atoms. The SMILES string of the molecule is CC(C)C(C(=O)O)n1ccc2c(nnc3c(-c4ccc(F)cc4)cnn32)c1=O. The van der Waals surface area contributed by atoms with E-state index in [0.717, 1.165) is 4.57 Å². The summed E-state index contributed by atoms with van der Waals surface area (Å²) in [5.41, 5.74) is 1.65. The minimum absolute atomic E-state index is 0.0238. The highest BCUT2D eigenvalue weighted by Gasteiger charge is 2.26. The summed E-state index contributed by atoms with van der Waals surface area (Å²) in [5, 5.41) is 21.9. The fraction of sp³-hybridized carbons (Fsp3) is 0.211. The van der Waals surface area contributed by atoms with Gasteiger partial charge in [-0.1, -0.05) is 26.0 Å². The van der Waals surface area contributed by atoms with E-state index in [4.69, 9.17) is 0 Å². The minimum atomic E-state index is -1.09. The first-order valence-corrected chi connectivity index (χ1v) is 8.62. The normalized spacial score (nSPS) is 12.7. The third-order valence-corrected chi connectivity index (χ3v) is 4.63. The van der Waals surface area contributed by atoms with E-state index in [9.17, 15) is 19.1 Å². The molecule has 0 saturated carbocycles. The number of carboxylic acids is 1. The Balaban J connectivity index is 1.93. The van der Waals surface area contributed by atoms with Gasteiger partial charge in [0.05, 0.1) is 6.20 Å². The number of nitrogens with zero attached hydrogens (tertiary/aromatic N) is 5. The number of carboxylic acid groups (broad SMARTS) is 1. The summed E-state index contributed by atoms with van der Waals surface area (Å²) in [6.07, 6.45) is 3.00. The Morgan fingerprint density at radius 1 is 1.14 bits per heavy atom. The molecule has 0 fully saturated rings. The second-order valence-corrected chi connectivity index (χ2v) is 6.79. The molecule has 28 heavy (non-hydrogen) atoms. The van der Waals surface area contributed by atoms with Crippen molar-refractivity contribution in [2.24, 2.45) is 5.92 Å². The predicted octanol–water partition coefficient (Wildman–Crippen LogP) is 2.53. The molecule has 3 heterocycles. The van der Waals surface area contributed by atoms with Gasteiger partial charge in [-0.25, -0.2) is 13.7 Å². The summed E-state index contributed by atoms with van der Waals surface area (Å²) >= 11 is 0. The van der Waals surface area contributed by atoms with Crippen LogP contribution in [-0.4, -0.2) is 35.5 Å². The zero-order valence-electron chi connectivity index (χ0n) is 15.1. The lowest BCUT2D eigenvalue weighted by molar-refractivity contribution is -0.142. The average Bonchev–Trinajstić information content (AvgIpc) is 3.08. The quantitative estimate of drug-likeness (QED) is 0.583. The van der Waals surface area contributed by atoms with E-state index in [1.54, 1.807) is 38.2 Å². The van der Waals surface area contributed by atoms with Crippen molar-refractivity contribution in [1.29, 1.82) is 0 Å². The van der Waals surface area contributed by atoms with Crippen molar-refractivity contribution >= 4 is 22.6 Å². The Bertz CT molecular complexity index is 1260. The first kappa shape index (κ1) is 17.8. The summed E-state index contributed by atoms with van der Waals surface area (Å²) in [5.74, 6) is -1.74. The van der Waals surface area contributed by atoms with Gasteiger partial charge in [-0.2, -0.15) is 5.10 Å². The molecule has 0 bridgehead atoms. The fourth-order valence-corrected chi connectivity index (χ4v) is 3.28. The van der Waals surface area contributed by atoms with Crippen molar-refractivity contribution < 1.29 is 14.3 Å². The van der Waals surface area contributed by atoms with Crippen molar-refractivity contribution in [2.75, 3.05) is 0 Å². The number of hydrogen-bond acceptors (Lipinski definition) is 5. The Labute approximate surface area is 157 Å². The molecular formula is C19H16FN5O3. The van der Waals surface area contributed by atoms with E-state index >= 15 is 0 Å². The second-order valence-electron chi connectivity index (χ2n) is 6.79. The molecule has 1 aromatic carbocycles. The minimum Gasteiger partial charge on any atom is -0.480 e. The molecule has 4 aromatic rings. The van der Waals surface area contributed by atoms with Crippen molar-refractivity contribution in [3.63, 3.8) is 0 Å². The third kappa shape index (κ3) is 2.72. The lowest BCUT2D eigenvalue weighted by atomic mass is 10.0. The van der Waals surface area contributed by atoms with Gasteiger partial charge in [-0.15, -0.1) is 10.2 Å². The number of hydrogen-bond donors (Lipinski definition) is 1. The van der Waals surface area contributed by atoms with E-state index in [-0.39, 0.29) is 17.3 Å². The van der Waals surface area contributed by atoms with Gasteiger partial charge in [-0.05, 0) is 29.7 Å². The predicted molar refractivity (Wildman–Crippen MR) is 99.5 cm³/mol. The van der Waals surface area contributed by atoms with Gasteiger partial charge in [0.2, 0.25) is 0 Å². The van der Waals surface area contributed by atoms with Gasteiger partial charge < -0.3 is 5.11 Å². The number of aromatic nitrogens is 5. The van der Waals surface area contributed by atoms with Crippen LogP contribution in [0.4, 0.5) is 4.39 Å². The zero-order chi connectivity index (χ0) is 20.0. The first-order chi connectivity index (χ1) is 13.4. The topological polar surface area (TPSA) is 102 Å². The number of halogens is 1. The number of fused-ring (bicyclic) bond motifs is 3. The van der Waals surface area contributed by atoms with Crippen LogP contribution in [0.1, 0.15) is 19.9 Å². The highest BCUT2D eigenvalue weighted by atomic mass is 19.1. The first-order valence-electron chi connectivity index (χ1n) is 8.62. The van der Waals surface area contributed by atoms with Crippen LogP contribution in [0.15, 0.2) is 47.5 Å². The van der Waals surface area contributed by atoms with Crippen LogP contribution in [-0.2, 0) is 4.79 Å². The van der Waals surface area contributed by atoms with Crippen molar-refractivity contribution in [3.05, 3.63) is 58.9 Å². The summed E-state index contributed by atoms with van der Waals surface area (Å²) in [6, 6.07) is 6.47. The molecule has 1 N–H and O–H groups in total. The number of aliphatic carboxylic acids is 1. The van der Waals surface area contributed by atoms with Crippen LogP contribution in [0.5, 0.6) is 0 Å². The number of pyridine rings is 1. The van der Waals surface area contributed by atoms with Gasteiger partial charge in [0, 0.05) is 11.8 Å². The molecule has 0 aliphatic rings. The molecule has 1 unspecified atom stereocenters. The summed E-state index contributed by atoms with van der Waals surface area (Å²) in [6.45, 7) is 3.46. The Morgan fingerprint density at radius 2 is 1.86 bits per heavy atom. The summed E-state index contributed by atoms with van der Waals surface area (Å²) in [7, 11) is 0. The Kier molecular flexibility index (Phi) is 4.14. The van der Waals surface area contributed by atoms with E-state index in [2.05, 4.69) is 15.3 Å². The van der Waals surface area contributed by atoms with Gasteiger partial charge >= 0.3 is 5.97 Å². The molecule has 0 amide bonds. The molecule has 0 radical (unpaired) electrons. The zero-order valence-corrected chi connectivity index (χ0v) is 15.1. The molecule has 1 atom stereocenters. The van der Waals surface area contributed by atoms with Gasteiger partial charge in [0.25, 0.3) is 5.56 Å². The van der Waals surface area contributed by atoms with Crippen LogP contribution in [0.25, 0.3) is 27.8 Å². The molecular weight excluding hydrogens is 365 g/mol. The lowest BCUT2D eigenvalue weighted by Gasteiger charge is -2.19. The van der Waals surface area contributed by atoms with Gasteiger partial charge in [0.15, 0.2) is 11.2 Å². The summed E-state index contributed by atoms with van der Waals surface area (Å²) < 4.78 is 15.8. The van der Waals surface area contributed by atoms with Crippen LogP contribution < -0.4 is 5.56 Å². The van der Waals surface area contributed by atoms with Crippen LogP contribution >= 0.6 is 0 Å². The fourth-order valence-electron chi connectivity index (χ4n) is 3.28. The maximum absolute atomic E-state index is 13.2. The van der Waals surface area contributed by atoms with E-state index in [0.29, 0.717) is 22.3 Å². The van der Waals surface area contributed by atoms with Crippen LogP contribution in [0.3, 0.4) is 0 Å². The third-order valence-electron chi connectivity index (χ3n) is 4.63. The average molecular weight is 381 g/mol. The maximum Gasteiger partial charge on any atom is 0.327 e. The standard InChI is InChI=1S/C19H16FN5O3/c1-10(2)16(19(27)28)24-8-7-14-15(18(24)26)22-23-17-13(9-21-25(14)17)11-3-5-12(20)6-4-11/h3-10,16H,1-2H3,(H,27,28). The van der Waals surface area contributed by atoms with E-state index in [1.165, 1.54) is 22.8 Å². The molecule has 4 rings (SSSR count). The highest BCUT2D eigenvalue weighted by Crippen LogP contribution is 2.25. The molecule has 0 aliphatic carbocycles. The van der Waals surface area contributed by atoms with Gasteiger partial charge in [0.1, 0.15) is 17.4 Å². The highest BCUT2D eigenvalue weighted by molar-refractivity contribution is 5.83. The number of carbonyl (C=O) groups is 1. The van der Waals surface area contributed by atoms with Crippen LogP contribution in [0, 0.1) is 11.7 Å². The molecule has 9 heteroatoms. The van der Waals surface area contributed by atoms with Crippen molar-refractivity contribution in [3.8, 4) is 11.1 Å².